The highest BCUT2D eigenvalue weighted by Crippen LogP contribution is 2.23. The fraction of sp³-hybridized carbons (Fsp3) is 0.167. The third-order valence-corrected chi connectivity index (χ3v) is 3.91. The van der Waals surface area contributed by atoms with E-state index in [-0.39, 0.29) is 5.69 Å². The average molecular weight is 318 g/mol. The van der Waals surface area contributed by atoms with Gasteiger partial charge in [-0.3, -0.25) is 0 Å². The van der Waals surface area contributed by atoms with Crippen LogP contribution in [-0.4, -0.2) is 0 Å². The molecule has 1 aromatic heterocycles. The van der Waals surface area contributed by atoms with Gasteiger partial charge in [-0.05, 0) is 51.5 Å². The highest BCUT2D eigenvalue weighted by Gasteiger charge is 2.07. The normalized spacial score (nSPS) is 10.6. The molecule has 0 saturated carbocycles. The molecule has 17 heavy (non-hydrogen) atoms. The predicted molar refractivity (Wildman–Crippen MR) is 70.4 cm³/mol. The smallest absolute Gasteiger partial charge is 0.146 e. The first-order chi connectivity index (χ1) is 8.06. The molecule has 2 aromatic rings. The summed E-state index contributed by atoms with van der Waals surface area (Å²) in [5.74, 6) is -0.835. The average Bonchev–Trinajstić information content (AvgIpc) is 2.68. The second kappa shape index (κ2) is 5.14. The summed E-state index contributed by atoms with van der Waals surface area (Å²) in [6, 6.07) is 4.33. The van der Waals surface area contributed by atoms with E-state index in [0.717, 1.165) is 9.35 Å². The molecule has 1 heterocycles. The van der Waals surface area contributed by atoms with E-state index in [1.807, 2.05) is 11.4 Å². The van der Waals surface area contributed by atoms with Crippen molar-refractivity contribution in [3.8, 4) is 0 Å². The summed E-state index contributed by atoms with van der Waals surface area (Å²) in [5, 5.41) is 4.84. The first kappa shape index (κ1) is 12.5. The van der Waals surface area contributed by atoms with Gasteiger partial charge in [0.25, 0.3) is 0 Å². The molecule has 0 aliphatic carbocycles. The zero-order chi connectivity index (χ0) is 12.4. The lowest BCUT2D eigenvalue weighted by Gasteiger charge is -2.07. The molecule has 0 spiro atoms. The molecule has 0 saturated heterocycles. The lowest BCUT2D eigenvalue weighted by atomic mass is 10.2. The van der Waals surface area contributed by atoms with Gasteiger partial charge in [-0.2, -0.15) is 0 Å². The van der Waals surface area contributed by atoms with Crippen LogP contribution in [0.2, 0.25) is 0 Å². The Kier molecular flexibility index (Phi) is 3.79. The van der Waals surface area contributed by atoms with E-state index in [4.69, 9.17) is 0 Å². The number of benzene rings is 1. The van der Waals surface area contributed by atoms with E-state index in [1.54, 1.807) is 11.3 Å². The second-order valence-corrected chi connectivity index (χ2v) is 5.98. The molecule has 0 radical (unpaired) electrons. The molecule has 0 atom stereocenters. The van der Waals surface area contributed by atoms with Gasteiger partial charge in [-0.25, -0.2) is 8.78 Å². The number of rotatable bonds is 3. The Hall–Kier alpha value is -0.940. The summed E-state index contributed by atoms with van der Waals surface area (Å²) in [7, 11) is 0. The molecule has 1 aromatic carbocycles. The number of halogens is 3. The van der Waals surface area contributed by atoms with Crippen LogP contribution in [-0.2, 0) is 6.54 Å². The number of anilines is 1. The van der Waals surface area contributed by atoms with E-state index in [9.17, 15) is 8.78 Å². The van der Waals surface area contributed by atoms with Crippen molar-refractivity contribution in [3.05, 3.63) is 50.1 Å². The minimum Gasteiger partial charge on any atom is -0.378 e. The first-order valence-electron chi connectivity index (χ1n) is 4.98. The molecule has 0 aliphatic rings. The predicted octanol–water partition coefficient (Wildman–Crippen LogP) is 4.71. The lowest BCUT2D eigenvalue weighted by Crippen LogP contribution is -2.01. The third kappa shape index (κ3) is 3.04. The molecule has 0 unspecified atom stereocenters. The quantitative estimate of drug-likeness (QED) is 0.864. The Morgan fingerprint density at radius 3 is 2.65 bits per heavy atom. The van der Waals surface area contributed by atoms with Gasteiger partial charge in [-0.15, -0.1) is 11.3 Å². The number of nitrogens with one attached hydrogen (secondary N) is 1. The van der Waals surface area contributed by atoms with Gasteiger partial charge in [0.05, 0.1) is 9.47 Å². The molecule has 0 bridgehead atoms. The van der Waals surface area contributed by atoms with Crippen LogP contribution in [0, 0.1) is 18.6 Å². The van der Waals surface area contributed by atoms with E-state index >= 15 is 0 Å². The van der Waals surface area contributed by atoms with Gasteiger partial charge in [0.2, 0.25) is 0 Å². The third-order valence-electron chi connectivity index (χ3n) is 2.35. The number of hydrogen-bond acceptors (Lipinski definition) is 2. The van der Waals surface area contributed by atoms with Crippen molar-refractivity contribution in [2.75, 3.05) is 5.32 Å². The first-order valence-corrected chi connectivity index (χ1v) is 6.66. The maximum absolute atomic E-state index is 13.5. The van der Waals surface area contributed by atoms with Crippen LogP contribution in [0.25, 0.3) is 0 Å². The Balaban J connectivity index is 2.11. The topological polar surface area (TPSA) is 12.0 Å². The van der Waals surface area contributed by atoms with Crippen molar-refractivity contribution in [1.29, 1.82) is 0 Å². The van der Waals surface area contributed by atoms with Gasteiger partial charge in [0.1, 0.15) is 11.6 Å². The highest BCUT2D eigenvalue weighted by atomic mass is 79.9. The summed E-state index contributed by atoms with van der Waals surface area (Å²) >= 11 is 4.91. The van der Waals surface area contributed by atoms with Crippen molar-refractivity contribution in [1.82, 2.24) is 0 Å². The van der Waals surface area contributed by atoms with E-state index in [0.29, 0.717) is 12.1 Å². The van der Waals surface area contributed by atoms with Crippen LogP contribution in [0.5, 0.6) is 0 Å². The van der Waals surface area contributed by atoms with Gasteiger partial charge in [0.15, 0.2) is 0 Å². The fourth-order valence-electron chi connectivity index (χ4n) is 1.42. The Labute approximate surface area is 111 Å². The van der Waals surface area contributed by atoms with Crippen LogP contribution in [0.1, 0.15) is 11.1 Å². The number of hydrogen-bond donors (Lipinski definition) is 1. The van der Waals surface area contributed by atoms with Crippen molar-refractivity contribution < 1.29 is 8.78 Å². The molecule has 0 fully saturated rings. The van der Waals surface area contributed by atoms with Gasteiger partial charge < -0.3 is 5.32 Å². The van der Waals surface area contributed by atoms with Gasteiger partial charge >= 0.3 is 0 Å². The lowest BCUT2D eigenvalue weighted by molar-refractivity contribution is 0.594. The molecule has 2 rings (SSSR count). The van der Waals surface area contributed by atoms with E-state index in [1.165, 1.54) is 19.1 Å². The SMILES string of the molecule is Cc1cc(F)c(NCc2csc(Br)c2)cc1F. The number of thiophene rings is 1. The molecular formula is C12H10BrF2NS. The van der Waals surface area contributed by atoms with Crippen molar-refractivity contribution in [2.24, 2.45) is 0 Å². The van der Waals surface area contributed by atoms with Gasteiger partial charge in [0, 0.05) is 12.6 Å². The fourth-order valence-corrected chi connectivity index (χ4v) is 2.63. The molecule has 1 nitrogen and oxygen atoms in total. The van der Waals surface area contributed by atoms with E-state index in [2.05, 4.69) is 21.2 Å². The Bertz CT molecular complexity index is 539. The molecular weight excluding hydrogens is 308 g/mol. The summed E-state index contributed by atoms with van der Waals surface area (Å²) < 4.78 is 27.8. The Morgan fingerprint density at radius 2 is 2.00 bits per heavy atom. The molecule has 0 aliphatic heterocycles. The maximum atomic E-state index is 13.5. The van der Waals surface area contributed by atoms with Crippen molar-refractivity contribution >= 4 is 33.0 Å². The van der Waals surface area contributed by atoms with Crippen LogP contribution >= 0.6 is 27.3 Å². The summed E-state index contributed by atoms with van der Waals surface area (Å²) in [4.78, 5) is 0. The minimum atomic E-state index is -0.432. The maximum Gasteiger partial charge on any atom is 0.146 e. The van der Waals surface area contributed by atoms with Crippen molar-refractivity contribution in [2.45, 2.75) is 13.5 Å². The van der Waals surface area contributed by atoms with Crippen LogP contribution in [0.3, 0.4) is 0 Å². The molecule has 90 valence electrons. The van der Waals surface area contributed by atoms with E-state index < -0.39 is 11.6 Å². The molecule has 0 amide bonds. The van der Waals surface area contributed by atoms with Crippen LogP contribution in [0.15, 0.2) is 27.4 Å². The Morgan fingerprint density at radius 1 is 1.24 bits per heavy atom. The molecule has 1 N–H and O–H groups in total. The summed E-state index contributed by atoms with van der Waals surface area (Å²) in [6.45, 7) is 2.01. The standard InChI is InChI=1S/C12H10BrF2NS/c1-7-2-10(15)11(4-9(7)14)16-5-8-3-12(13)17-6-8/h2-4,6,16H,5H2,1H3. The minimum absolute atomic E-state index is 0.190. The zero-order valence-corrected chi connectivity index (χ0v) is 11.5. The highest BCUT2D eigenvalue weighted by molar-refractivity contribution is 9.11. The number of aryl methyl sites for hydroxylation is 1. The summed E-state index contributed by atoms with van der Waals surface area (Å²) in [6.07, 6.45) is 0. The van der Waals surface area contributed by atoms with Crippen molar-refractivity contribution in [3.63, 3.8) is 0 Å². The second-order valence-electron chi connectivity index (χ2n) is 3.69. The van der Waals surface area contributed by atoms with Crippen LogP contribution < -0.4 is 5.32 Å². The summed E-state index contributed by atoms with van der Waals surface area (Å²) in [5.41, 5.74) is 1.53. The zero-order valence-electron chi connectivity index (χ0n) is 9.06. The van der Waals surface area contributed by atoms with Crippen LogP contribution in [0.4, 0.5) is 14.5 Å². The monoisotopic (exact) mass is 317 g/mol. The van der Waals surface area contributed by atoms with Gasteiger partial charge in [-0.1, -0.05) is 0 Å². The largest absolute Gasteiger partial charge is 0.378 e. The molecule has 5 heteroatoms.